The predicted molar refractivity (Wildman–Crippen MR) is 83.1 cm³/mol. The summed E-state index contributed by atoms with van der Waals surface area (Å²) in [6.45, 7) is 0.301. The first-order valence-corrected chi connectivity index (χ1v) is 8.10. The SMILES string of the molecule is CN(CCc1ccc([N+](=O)[O-])cc1)S(=O)(=O)c1ccccc1. The number of non-ortho nitro benzene ring substituents is 1. The summed E-state index contributed by atoms with van der Waals surface area (Å²) in [5.41, 5.74) is 0.870. The van der Waals surface area contributed by atoms with Crippen LogP contribution in [-0.2, 0) is 16.4 Å². The lowest BCUT2D eigenvalue weighted by Gasteiger charge is -2.17. The predicted octanol–water partition coefficient (Wildman–Crippen LogP) is 2.46. The van der Waals surface area contributed by atoms with Crippen LogP contribution in [0.3, 0.4) is 0 Å². The van der Waals surface area contributed by atoms with Gasteiger partial charge in [0.15, 0.2) is 0 Å². The van der Waals surface area contributed by atoms with Gasteiger partial charge < -0.3 is 0 Å². The number of nitrogens with zero attached hydrogens (tertiary/aromatic N) is 2. The fourth-order valence-corrected chi connectivity index (χ4v) is 3.16. The van der Waals surface area contributed by atoms with Crippen LogP contribution in [0.15, 0.2) is 59.5 Å². The topological polar surface area (TPSA) is 80.5 Å². The van der Waals surface area contributed by atoms with Crippen molar-refractivity contribution in [3.05, 3.63) is 70.3 Å². The van der Waals surface area contributed by atoms with Gasteiger partial charge in [0.25, 0.3) is 5.69 Å². The second-order valence-corrected chi connectivity index (χ2v) is 6.86. The fraction of sp³-hybridized carbons (Fsp3) is 0.200. The van der Waals surface area contributed by atoms with Crippen molar-refractivity contribution in [1.82, 2.24) is 4.31 Å². The Kier molecular flexibility index (Phi) is 4.89. The molecule has 0 atom stereocenters. The molecule has 0 aliphatic rings. The van der Waals surface area contributed by atoms with Crippen molar-refractivity contribution in [3.63, 3.8) is 0 Å². The van der Waals surface area contributed by atoms with Crippen LogP contribution < -0.4 is 0 Å². The van der Waals surface area contributed by atoms with Crippen LogP contribution in [0.2, 0.25) is 0 Å². The monoisotopic (exact) mass is 320 g/mol. The number of rotatable bonds is 6. The van der Waals surface area contributed by atoms with E-state index >= 15 is 0 Å². The Morgan fingerprint density at radius 1 is 1.05 bits per heavy atom. The fourth-order valence-electron chi connectivity index (χ4n) is 1.96. The normalized spacial score (nSPS) is 11.5. The largest absolute Gasteiger partial charge is 0.269 e. The molecule has 6 nitrogen and oxygen atoms in total. The van der Waals surface area contributed by atoms with E-state index in [-0.39, 0.29) is 10.6 Å². The minimum absolute atomic E-state index is 0.0222. The zero-order valence-electron chi connectivity index (χ0n) is 12.0. The first-order chi connectivity index (χ1) is 10.4. The Morgan fingerprint density at radius 3 is 2.18 bits per heavy atom. The van der Waals surface area contributed by atoms with Crippen molar-refractivity contribution in [2.75, 3.05) is 13.6 Å². The van der Waals surface area contributed by atoms with Gasteiger partial charge in [0.1, 0.15) is 0 Å². The Hall–Kier alpha value is -2.25. The van der Waals surface area contributed by atoms with Crippen molar-refractivity contribution in [2.45, 2.75) is 11.3 Å². The van der Waals surface area contributed by atoms with Gasteiger partial charge in [-0.1, -0.05) is 30.3 Å². The number of sulfonamides is 1. The minimum atomic E-state index is -3.51. The molecule has 0 aromatic heterocycles. The van der Waals surface area contributed by atoms with E-state index in [1.165, 1.54) is 23.5 Å². The molecular formula is C15H16N2O4S. The van der Waals surface area contributed by atoms with Gasteiger partial charge in [0.2, 0.25) is 10.0 Å². The van der Waals surface area contributed by atoms with Gasteiger partial charge in [-0.15, -0.1) is 0 Å². The summed E-state index contributed by atoms with van der Waals surface area (Å²) in [5, 5.41) is 10.6. The molecule has 0 bridgehead atoms. The molecule has 0 unspecified atom stereocenters. The molecule has 0 saturated carbocycles. The molecule has 0 spiro atoms. The molecular weight excluding hydrogens is 304 g/mol. The van der Waals surface area contributed by atoms with Crippen LogP contribution in [0.1, 0.15) is 5.56 Å². The summed E-state index contributed by atoms with van der Waals surface area (Å²) >= 11 is 0. The molecule has 0 fully saturated rings. The number of likely N-dealkylation sites (N-methyl/N-ethyl adjacent to an activating group) is 1. The zero-order valence-corrected chi connectivity index (χ0v) is 12.9. The Morgan fingerprint density at radius 2 is 1.64 bits per heavy atom. The number of hydrogen-bond donors (Lipinski definition) is 0. The summed E-state index contributed by atoms with van der Waals surface area (Å²) < 4.78 is 25.9. The number of benzene rings is 2. The third-order valence-electron chi connectivity index (χ3n) is 3.31. The maximum Gasteiger partial charge on any atom is 0.269 e. The third-order valence-corrected chi connectivity index (χ3v) is 5.19. The lowest BCUT2D eigenvalue weighted by Crippen LogP contribution is -2.29. The highest BCUT2D eigenvalue weighted by molar-refractivity contribution is 7.89. The van der Waals surface area contributed by atoms with Gasteiger partial charge in [0, 0.05) is 25.7 Å². The van der Waals surface area contributed by atoms with Gasteiger partial charge in [-0.05, 0) is 24.1 Å². The van der Waals surface area contributed by atoms with Crippen LogP contribution in [0.4, 0.5) is 5.69 Å². The van der Waals surface area contributed by atoms with Crippen molar-refractivity contribution in [3.8, 4) is 0 Å². The first-order valence-electron chi connectivity index (χ1n) is 6.66. The number of nitro benzene ring substituents is 1. The molecule has 22 heavy (non-hydrogen) atoms. The highest BCUT2D eigenvalue weighted by Crippen LogP contribution is 2.16. The summed E-state index contributed by atoms with van der Waals surface area (Å²) in [5.74, 6) is 0. The van der Waals surface area contributed by atoms with Crippen LogP contribution >= 0.6 is 0 Å². The maximum absolute atomic E-state index is 12.3. The van der Waals surface area contributed by atoms with Crippen LogP contribution in [0, 0.1) is 10.1 Å². The highest BCUT2D eigenvalue weighted by Gasteiger charge is 2.19. The summed E-state index contributed by atoms with van der Waals surface area (Å²) in [7, 11) is -1.98. The van der Waals surface area contributed by atoms with Crippen LogP contribution in [-0.4, -0.2) is 31.2 Å². The molecule has 0 radical (unpaired) electrons. The first kappa shape index (κ1) is 16.1. The summed E-state index contributed by atoms with van der Waals surface area (Å²) in [6.07, 6.45) is 0.487. The van der Waals surface area contributed by atoms with Crippen molar-refractivity contribution >= 4 is 15.7 Å². The molecule has 0 aliphatic heterocycles. The molecule has 0 aliphatic carbocycles. The molecule has 0 heterocycles. The average molecular weight is 320 g/mol. The number of hydrogen-bond acceptors (Lipinski definition) is 4. The Bertz CT molecular complexity index is 743. The van der Waals surface area contributed by atoms with E-state index in [4.69, 9.17) is 0 Å². The highest BCUT2D eigenvalue weighted by atomic mass is 32.2. The Labute approximate surface area is 129 Å². The zero-order chi connectivity index (χ0) is 16.2. The van der Waals surface area contributed by atoms with Gasteiger partial charge in [-0.3, -0.25) is 10.1 Å². The molecule has 2 rings (SSSR count). The molecule has 0 saturated heterocycles. The quantitative estimate of drug-likeness (QED) is 0.605. The van der Waals surface area contributed by atoms with E-state index in [1.54, 1.807) is 42.5 Å². The van der Waals surface area contributed by atoms with E-state index in [0.29, 0.717) is 13.0 Å². The van der Waals surface area contributed by atoms with Crippen molar-refractivity contribution in [1.29, 1.82) is 0 Å². The third kappa shape index (κ3) is 3.69. The minimum Gasteiger partial charge on any atom is -0.258 e. The maximum atomic E-state index is 12.3. The van der Waals surface area contributed by atoms with Gasteiger partial charge in [-0.2, -0.15) is 0 Å². The molecule has 0 N–H and O–H groups in total. The molecule has 0 amide bonds. The lowest BCUT2D eigenvalue weighted by molar-refractivity contribution is -0.384. The van der Waals surface area contributed by atoms with E-state index < -0.39 is 14.9 Å². The molecule has 2 aromatic carbocycles. The van der Waals surface area contributed by atoms with Gasteiger partial charge in [-0.25, -0.2) is 12.7 Å². The number of nitro groups is 1. The second kappa shape index (κ2) is 6.67. The smallest absolute Gasteiger partial charge is 0.258 e. The van der Waals surface area contributed by atoms with Crippen LogP contribution in [0.25, 0.3) is 0 Å². The van der Waals surface area contributed by atoms with E-state index in [1.807, 2.05) is 0 Å². The summed E-state index contributed by atoms with van der Waals surface area (Å²) in [4.78, 5) is 10.4. The van der Waals surface area contributed by atoms with Gasteiger partial charge >= 0.3 is 0 Å². The molecule has 116 valence electrons. The second-order valence-electron chi connectivity index (χ2n) is 4.81. The van der Waals surface area contributed by atoms with Crippen LogP contribution in [0.5, 0.6) is 0 Å². The van der Waals surface area contributed by atoms with E-state index in [2.05, 4.69) is 0 Å². The van der Waals surface area contributed by atoms with E-state index in [9.17, 15) is 18.5 Å². The van der Waals surface area contributed by atoms with E-state index in [0.717, 1.165) is 5.56 Å². The lowest BCUT2D eigenvalue weighted by atomic mass is 10.1. The van der Waals surface area contributed by atoms with Crippen molar-refractivity contribution < 1.29 is 13.3 Å². The molecule has 2 aromatic rings. The average Bonchev–Trinajstić information content (AvgIpc) is 2.53. The molecule has 7 heteroatoms. The van der Waals surface area contributed by atoms with Gasteiger partial charge in [0.05, 0.1) is 9.82 Å². The Balaban J connectivity index is 2.03. The summed E-state index contributed by atoms with van der Waals surface area (Å²) in [6, 6.07) is 14.3. The standard InChI is InChI=1S/C15H16N2O4S/c1-16(22(20,21)15-5-3-2-4-6-15)12-11-13-7-9-14(10-8-13)17(18)19/h2-10H,11-12H2,1H3. The van der Waals surface area contributed by atoms with Crippen molar-refractivity contribution in [2.24, 2.45) is 0 Å².